The summed E-state index contributed by atoms with van der Waals surface area (Å²) in [7, 11) is 0. The summed E-state index contributed by atoms with van der Waals surface area (Å²) in [6.07, 6.45) is 0.987. The Labute approximate surface area is 94.6 Å². The third-order valence-corrected chi connectivity index (χ3v) is 1.93. The van der Waals surface area contributed by atoms with Crippen LogP contribution in [0.2, 0.25) is 0 Å². The molecule has 0 rings (SSSR count). The predicted octanol–water partition coefficient (Wildman–Crippen LogP) is -0.164. The van der Waals surface area contributed by atoms with Gasteiger partial charge >= 0.3 is 5.97 Å². The first-order valence-corrected chi connectivity index (χ1v) is 5.27. The van der Waals surface area contributed by atoms with Crippen LogP contribution in [-0.2, 0) is 14.4 Å². The van der Waals surface area contributed by atoms with E-state index in [0.717, 1.165) is 0 Å². The second kappa shape index (κ2) is 7.67. The average molecular weight is 230 g/mol. The predicted molar refractivity (Wildman–Crippen MR) is 57.8 cm³/mol. The van der Waals surface area contributed by atoms with Gasteiger partial charge in [-0.3, -0.25) is 14.4 Å². The highest BCUT2D eigenvalue weighted by molar-refractivity contribution is 5.86. The summed E-state index contributed by atoms with van der Waals surface area (Å²) in [6, 6.07) is 0. The molecular weight excluding hydrogens is 212 g/mol. The van der Waals surface area contributed by atoms with Crippen molar-refractivity contribution in [2.24, 2.45) is 0 Å². The molecule has 0 aromatic rings. The van der Waals surface area contributed by atoms with Crippen LogP contribution in [0, 0.1) is 0 Å². The van der Waals surface area contributed by atoms with Gasteiger partial charge in [0.2, 0.25) is 11.8 Å². The third-order valence-electron chi connectivity index (χ3n) is 1.93. The van der Waals surface area contributed by atoms with Gasteiger partial charge in [0, 0.05) is 13.0 Å². The van der Waals surface area contributed by atoms with Gasteiger partial charge in [0.15, 0.2) is 0 Å². The van der Waals surface area contributed by atoms with Gasteiger partial charge in [0.05, 0.1) is 6.54 Å². The van der Waals surface area contributed by atoms with E-state index in [1.165, 1.54) is 4.90 Å². The topological polar surface area (TPSA) is 86.7 Å². The Morgan fingerprint density at radius 2 is 1.88 bits per heavy atom. The molecule has 0 aliphatic rings. The number of carbonyl (C=O) groups excluding carboxylic acids is 2. The van der Waals surface area contributed by atoms with Gasteiger partial charge < -0.3 is 15.3 Å². The molecule has 6 nitrogen and oxygen atoms in total. The normalized spacial score (nSPS) is 9.62. The molecule has 0 aliphatic heterocycles. The van der Waals surface area contributed by atoms with Gasteiger partial charge in [0.25, 0.3) is 0 Å². The Balaban J connectivity index is 4.16. The maximum Gasteiger partial charge on any atom is 0.323 e. The fourth-order valence-electron chi connectivity index (χ4n) is 1.14. The van der Waals surface area contributed by atoms with Crippen LogP contribution in [0.1, 0.15) is 26.7 Å². The Hall–Kier alpha value is -1.59. The van der Waals surface area contributed by atoms with Crippen LogP contribution >= 0.6 is 0 Å². The summed E-state index contributed by atoms with van der Waals surface area (Å²) in [5, 5.41) is 11.0. The number of hydrogen-bond acceptors (Lipinski definition) is 3. The zero-order valence-electron chi connectivity index (χ0n) is 9.65. The Kier molecular flexibility index (Phi) is 6.91. The molecular formula is C10H18N2O4. The lowest BCUT2D eigenvalue weighted by Gasteiger charge is -2.19. The zero-order valence-corrected chi connectivity index (χ0v) is 9.65. The highest BCUT2D eigenvalue weighted by Crippen LogP contribution is 1.92. The van der Waals surface area contributed by atoms with Crippen molar-refractivity contribution in [3.05, 3.63) is 0 Å². The molecule has 0 bridgehead atoms. The van der Waals surface area contributed by atoms with Crippen LogP contribution in [-0.4, -0.2) is 47.4 Å². The lowest BCUT2D eigenvalue weighted by molar-refractivity contribution is -0.144. The summed E-state index contributed by atoms with van der Waals surface area (Å²) in [5.74, 6) is -1.64. The van der Waals surface area contributed by atoms with Crippen LogP contribution in [0.5, 0.6) is 0 Å². The molecule has 0 heterocycles. The number of amides is 2. The fraction of sp³-hybridized carbons (Fsp3) is 0.700. The zero-order chi connectivity index (χ0) is 12.6. The SMILES string of the molecule is CCCN(CC(=O)O)C(=O)CNC(=O)CC. The quantitative estimate of drug-likeness (QED) is 0.636. The van der Waals surface area contributed by atoms with Crippen molar-refractivity contribution in [2.75, 3.05) is 19.6 Å². The van der Waals surface area contributed by atoms with Crippen LogP contribution in [0.15, 0.2) is 0 Å². The highest BCUT2D eigenvalue weighted by atomic mass is 16.4. The Morgan fingerprint density at radius 1 is 1.25 bits per heavy atom. The molecule has 0 unspecified atom stereocenters. The van der Waals surface area contributed by atoms with Gasteiger partial charge in [-0.05, 0) is 6.42 Å². The lowest BCUT2D eigenvalue weighted by atomic mass is 10.3. The number of nitrogens with one attached hydrogen (secondary N) is 1. The van der Waals surface area contributed by atoms with Crippen LogP contribution < -0.4 is 5.32 Å². The average Bonchev–Trinajstić information content (AvgIpc) is 2.24. The third kappa shape index (κ3) is 6.00. The summed E-state index contributed by atoms with van der Waals surface area (Å²) < 4.78 is 0. The van der Waals surface area contributed by atoms with E-state index in [4.69, 9.17) is 5.11 Å². The van der Waals surface area contributed by atoms with Crippen LogP contribution in [0.25, 0.3) is 0 Å². The van der Waals surface area contributed by atoms with Crippen molar-refractivity contribution in [3.8, 4) is 0 Å². The van der Waals surface area contributed by atoms with E-state index >= 15 is 0 Å². The number of nitrogens with zero attached hydrogens (tertiary/aromatic N) is 1. The van der Waals surface area contributed by atoms with Crippen LogP contribution in [0.4, 0.5) is 0 Å². The number of rotatable bonds is 7. The van der Waals surface area contributed by atoms with E-state index in [2.05, 4.69) is 5.32 Å². The second-order valence-corrected chi connectivity index (χ2v) is 3.34. The standard InChI is InChI=1S/C10H18N2O4/c1-3-5-12(7-10(15)16)9(14)6-11-8(13)4-2/h3-7H2,1-2H3,(H,11,13)(H,15,16). The summed E-state index contributed by atoms with van der Waals surface area (Å²) in [4.78, 5) is 34.2. The van der Waals surface area contributed by atoms with Gasteiger partial charge in [0.1, 0.15) is 6.54 Å². The van der Waals surface area contributed by atoms with Crippen molar-refractivity contribution < 1.29 is 19.5 Å². The first-order valence-electron chi connectivity index (χ1n) is 5.27. The smallest absolute Gasteiger partial charge is 0.323 e. The Bertz CT molecular complexity index is 266. The van der Waals surface area contributed by atoms with Crippen molar-refractivity contribution in [2.45, 2.75) is 26.7 Å². The summed E-state index contributed by atoms with van der Waals surface area (Å²) in [5.41, 5.74) is 0. The molecule has 0 spiro atoms. The molecule has 0 aromatic carbocycles. The van der Waals surface area contributed by atoms with Gasteiger partial charge in [-0.1, -0.05) is 13.8 Å². The second-order valence-electron chi connectivity index (χ2n) is 3.34. The molecule has 0 aliphatic carbocycles. The first-order chi connectivity index (χ1) is 7.51. The molecule has 0 aromatic heterocycles. The monoisotopic (exact) mass is 230 g/mol. The molecule has 0 saturated heterocycles. The van der Waals surface area contributed by atoms with Crippen LogP contribution in [0.3, 0.4) is 0 Å². The van der Waals surface area contributed by atoms with Crippen molar-refractivity contribution in [3.63, 3.8) is 0 Å². The molecule has 0 fully saturated rings. The molecule has 2 N–H and O–H groups in total. The van der Waals surface area contributed by atoms with Gasteiger partial charge in [-0.15, -0.1) is 0 Å². The minimum Gasteiger partial charge on any atom is -0.480 e. The number of hydrogen-bond donors (Lipinski definition) is 2. The van der Waals surface area contributed by atoms with E-state index < -0.39 is 5.97 Å². The van der Waals surface area contributed by atoms with Crippen molar-refractivity contribution in [1.29, 1.82) is 0 Å². The summed E-state index contributed by atoms with van der Waals surface area (Å²) in [6.45, 7) is 3.45. The maximum absolute atomic E-state index is 11.5. The number of carbonyl (C=O) groups is 3. The number of aliphatic carboxylic acids is 1. The minimum absolute atomic E-state index is 0.139. The minimum atomic E-state index is -1.05. The van der Waals surface area contributed by atoms with Crippen molar-refractivity contribution >= 4 is 17.8 Å². The molecule has 16 heavy (non-hydrogen) atoms. The number of carboxylic acid groups (broad SMARTS) is 1. The van der Waals surface area contributed by atoms with E-state index in [9.17, 15) is 14.4 Å². The first kappa shape index (κ1) is 14.4. The maximum atomic E-state index is 11.5. The Morgan fingerprint density at radius 3 is 2.31 bits per heavy atom. The molecule has 92 valence electrons. The van der Waals surface area contributed by atoms with Gasteiger partial charge in [-0.25, -0.2) is 0 Å². The largest absolute Gasteiger partial charge is 0.480 e. The molecule has 0 radical (unpaired) electrons. The van der Waals surface area contributed by atoms with Crippen molar-refractivity contribution in [1.82, 2.24) is 10.2 Å². The fourth-order valence-corrected chi connectivity index (χ4v) is 1.14. The molecule has 6 heteroatoms. The lowest BCUT2D eigenvalue weighted by Crippen LogP contribution is -2.42. The highest BCUT2D eigenvalue weighted by Gasteiger charge is 2.15. The van der Waals surface area contributed by atoms with E-state index in [0.29, 0.717) is 19.4 Å². The summed E-state index contributed by atoms with van der Waals surface area (Å²) >= 11 is 0. The number of carboxylic acids is 1. The van der Waals surface area contributed by atoms with Gasteiger partial charge in [-0.2, -0.15) is 0 Å². The van der Waals surface area contributed by atoms with E-state index in [1.807, 2.05) is 6.92 Å². The molecule has 0 saturated carbocycles. The van der Waals surface area contributed by atoms with E-state index in [-0.39, 0.29) is 24.9 Å². The molecule has 0 atom stereocenters. The van der Waals surface area contributed by atoms with E-state index in [1.54, 1.807) is 6.92 Å². The molecule has 2 amide bonds.